The molecule has 3 N–H and O–H groups in total. The van der Waals surface area contributed by atoms with E-state index >= 15 is 0 Å². The molecule has 2 amide bonds. The minimum atomic E-state index is -1.05. The average molecular weight is 463 g/mol. The summed E-state index contributed by atoms with van der Waals surface area (Å²) >= 11 is 0. The fraction of sp³-hybridized carbons (Fsp3) is 0.444. The number of hydrogen-bond donors (Lipinski definition) is 3. The van der Waals surface area contributed by atoms with Gasteiger partial charge in [0.1, 0.15) is 12.1 Å². The smallest absolute Gasteiger partial charge is 0.407 e. The van der Waals surface area contributed by atoms with E-state index in [1.807, 2.05) is 24.3 Å². The van der Waals surface area contributed by atoms with Gasteiger partial charge in [0.25, 0.3) is 0 Å². The van der Waals surface area contributed by atoms with Gasteiger partial charge in [-0.15, -0.1) is 0 Å². The zero-order valence-corrected chi connectivity index (χ0v) is 19.1. The molecule has 7 heteroatoms. The number of carboxylic acid groups (broad SMARTS) is 1. The van der Waals surface area contributed by atoms with Crippen molar-refractivity contribution in [2.75, 3.05) is 13.2 Å². The summed E-state index contributed by atoms with van der Waals surface area (Å²) in [6.07, 6.45) is 3.75. The molecule has 0 radical (unpaired) electrons. The number of hydrogen-bond acceptors (Lipinski definition) is 4. The third-order valence-electron chi connectivity index (χ3n) is 7.55. The zero-order valence-electron chi connectivity index (χ0n) is 19.1. The largest absolute Gasteiger partial charge is 0.480 e. The fourth-order valence-corrected chi connectivity index (χ4v) is 5.45. The lowest BCUT2D eigenvalue weighted by Gasteiger charge is -2.29. The van der Waals surface area contributed by atoms with Crippen molar-refractivity contribution in [3.05, 3.63) is 59.7 Å². The van der Waals surface area contributed by atoms with Crippen LogP contribution in [0.25, 0.3) is 11.1 Å². The molecule has 2 aromatic carbocycles. The van der Waals surface area contributed by atoms with Crippen molar-refractivity contribution < 1.29 is 24.2 Å². The maximum atomic E-state index is 12.6. The van der Waals surface area contributed by atoms with Gasteiger partial charge in [-0.2, -0.15) is 0 Å². The molecule has 0 bridgehead atoms. The molecule has 3 aliphatic rings. The van der Waals surface area contributed by atoms with Gasteiger partial charge in [0.2, 0.25) is 5.91 Å². The number of fused-ring (bicyclic) bond motifs is 3. The van der Waals surface area contributed by atoms with Crippen LogP contribution >= 0.6 is 0 Å². The van der Waals surface area contributed by atoms with Crippen molar-refractivity contribution in [3.63, 3.8) is 0 Å². The second-order valence-electron chi connectivity index (χ2n) is 9.81. The molecule has 2 saturated carbocycles. The van der Waals surface area contributed by atoms with Crippen LogP contribution in [0.1, 0.15) is 55.6 Å². The highest BCUT2D eigenvalue weighted by Crippen LogP contribution is 2.44. The van der Waals surface area contributed by atoms with E-state index in [-0.39, 0.29) is 30.3 Å². The molecule has 0 spiro atoms. The summed E-state index contributed by atoms with van der Waals surface area (Å²) in [6.45, 7) is 0.720. The Bertz CT molecular complexity index is 1060. The van der Waals surface area contributed by atoms with E-state index in [0.717, 1.165) is 19.3 Å². The van der Waals surface area contributed by atoms with Crippen LogP contribution in [0.5, 0.6) is 0 Å². The predicted molar refractivity (Wildman–Crippen MR) is 126 cm³/mol. The van der Waals surface area contributed by atoms with E-state index in [2.05, 4.69) is 34.9 Å². The number of rotatable bonds is 7. The molecule has 5 rings (SSSR count). The van der Waals surface area contributed by atoms with Crippen molar-refractivity contribution >= 4 is 18.0 Å². The van der Waals surface area contributed by atoms with Gasteiger partial charge in [-0.05, 0) is 60.3 Å². The number of alkyl carbamates (subject to hydrolysis) is 1. The first kappa shape index (κ1) is 22.4. The van der Waals surface area contributed by atoms with E-state index in [4.69, 9.17) is 4.74 Å². The summed E-state index contributed by atoms with van der Waals surface area (Å²) in [6, 6.07) is 16.4. The first-order valence-electron chi connectivity index (χ1n) is 12.1. The first-order valence-corrected chi connectivity index (χ1v) is 12.1. The Hall–Kier alpha value is -3.35. The monoisotopic (exact) mass is 462 g/mol. The normalized spacial score (nSPS) is 22.2. The zero-order chi connectivity index (χ0) is 23.7. The van der Waals surface area contributed by atoms with Crippen LogP contribution in [0.15, 0.2) is 48.5 Å². The van der Waals surface area contributed by atoms with Gasteiger partial charge in [-0.25, -0.2) is 9.59 Å². The fourth-order valence-electron chi connectivity index (χ4n) is 5.45. The number of nitrogens with one attached hydrogen (secondary N) is 2. The molecule has 2 aromatic rings. The van der Waals surface area contributed by atoms with Crippen molar-refractivity contribution in [2.45, 2.75) is 50.0 Å². The SMILES string of the molecule is O=C(NCC1CCCC(C(=O)NC2(C(=O)O)CC2)C1)OCC1c2ccccc2-c2ccccc21. The van der Waals surface area contributed by atoms with Gasteiger partial charge < -0.3 is 20.5 Å². The molecule has 0 aliphatic heterocycles. The second-order valence-corrected chi connectivity index (χ2v) is 9.81. The highest BCUT2D eigenvalue weighted by Gasteiger charge is 2.52. The Balaban J connectivity index is 1.12. The van der Waals surface area contributed by atoms with E-state index in [0.29, 0.717) is 25.8 Å². The number of carboxylic acids is 1. The van der Waals surface area contributed by atoms with Crippen LogP contribution in [0, 0.1) is 11.8 Å². The predicted octanol–water partition coefficient (Wildman–Crippen LogP) is 4.06. The molecule has 2 unspecified atom stereocenters. The van der Waals surface area contributed by atoms with E-state index < -0.39 is 17.6 Å². The van der Waals surface area contributed by atoms with Crippen LogP contribution in [0.4, 0.5) is 4.79 Å². The number of carbonyl (C=O) groups excluding carboxylic acids is 2. The van der Waals surface area contributed by atoms with E-state index in [9.17, 15) is 19.5 Å². The number of amides is 2. The molecule has 34 heavy (non-hydrogen) atoms. The standard InChI is InChI=1S/C27H30N2O5/c30-24(29-27(12-13-27)25(31)32)18-7-5-6-17(14-18)15-28-26(33)34-16-23-21-10-3-1-8-19(21)20-9-2-4-11-22(20)23/h1-4,8-11,17-18,23H,5-7,12-16H2,(H,28,33)(H,29,30)(H,31,32). The molecule has 0 aromatic heterocycles. The Morgan fingerprint density at radius 1 is 0.971 bits per heavy atom. The number of ether oxygens (including phenoxy) is 1. The Morgan fingerprint density at radius 2 is 1.62 bits per heavy atom. The highest BCUT2D eigenvalue weighted by atomic mass is 16.5. The van der Waals surface area contributed by atoms with Crippen molar-refractivity contribution in [1.82, 2.24) is 10.6 Å². The van der Waals surface area contributed by atoms with Gasteiger partial charge >= 0.3 is 12.1 Å². The van der Waals surface area contributed by atoms with Crippen molar-refractivity contribution in [1.29, 1.82) is 0 Å². The molecule has 0 heterocycles. The third-order valence-corrected chi connectivity index (χ3v) is 7.55. The quantitative estimate of drug-likeness (QED) is 0.576. The molecular formula is C27H30N2O5. The molecule has 178 valence electrons. The van der Waals surface area contributed by atoms with E-state index in [1.165, 1.54) is 22.3 Å². The Kier molecular flexibility index (Phi) is 6.02. The molecule has 2 fully saturated rings. The van der Waals surface area contributed by atoms with Crippen LogP contribution in [-0.4, -0.2) is 41.8 Å². The highest BCUT2D eigenvalue weighted by molar-refractivity contribution is 5.90. The summed E-state index contributed by atoms with van der Waals surface area (Å²) in [5.41, 5.74) is 3.67. The van der Waals surface area contributed by atoms with Gasteiger partial charge in [0.05, 0.1) is 0 Å². The molecule has 3 aliphatic carbocycles. The summed E-state index contributed by atoms with van der Waals surface area (Å²) in [5.74, 6) is -1.15. The molecule has 7 nitrogen and oxygen atoms in total. The van der Waals surface area contributed by atoms with Crippen LogP contribution in [-0.2, 0) is 14.3 Å². The van der Waals surface area contributed by atoms with E-state index in [1.54, 1.807) is 0 Å². The lowest BCUT2D eigenvalue weighted by Crippen LogP contribution is -2.47. The number of benzene rings is 2. The minimum absolute atomic E-state index is 0.0184. The molecule has 0 saturated heterocycles. The Labute approximate surface area is 198 Å². The van der Waals surface area contributed by atoms with Gasteiger partial charge in [0, 0.05) is 18.4 Å². The maximum absolute atomic E-state index is 12.6. The van der Waals surface area contributed by atoms with Crippen LogP contribution in [0.2, 0.25) is 0 Å². The Morgan fingerprint density at radius 3 is 2.24 bits per heavy atom. The summed E-state index contributed by atoms with van der Waals surface area (Å²) < 4.78 is 5.61. The maximum Gasteiger partial charge on any atom is 0.407 e. The third kappa shape index (κ3) is 4.39. The lowest BCUT2D eigenvalue weighted by atomic mass is 9.80. The second kappa shape index (κ2) is 9.12. The average Bonchev–Trinajstić information content (AvgIpc) is 3.57. The topological polar surface area (TPSA) is 105 Å². The van der Waals surface area contributed by atoms with Crippen LogP contribution < -0.4 is 10.6 Å². The minimum Gasteiger partial charge on any atom is -0.480 e. The van der Waals surface area contributed by atoms with Gasteiger partial charge in [0.15, 0.2) is 0 Å². The number of carbonyl (C=O) groups is 3. The van der Waals surface area contributed by atoms with Gasteiger partial charge in [-0.1, -0.05) is 55.0 Å². The van der Waals surface area contributed by atoms with Crippen molar-refractivity contribution in [2.24, 2.45) is 11.8 Å². The lowest BCUT2D eigenvalue weighted by molar-refractivity contribution is -0.144. The molecule has 2 atom stereocenters. The number of aliphatic carboxylic acids is 1. The summed E-state index contributed by atoms with van der Waals surface area (Å²) in [4.78, 5) is 36.4. The summed E-state index contributed by atoms with van der Waals surface area (Å²) in [7, 11) is 0. The summed E-state index contributed by atoms with van der Waals surface area (Å²) in [5, 5.41) is 14.9. The molecular weight excluding hydrogens is 432 g/mol. The van der Waals surface area contributed by atoms with Crippen LogP contribution in [0.3, 0.4) is 0 Å². The van der Waals surface area contributed by atoms with Gasteiger partial charge in [-0.3, -0.25) is 4.79 Å². The van der Waals surface area contributed by atoms with Crippen molar-refractivity contribution in [3.8, 4) is 11.1 Å². The first-order chi connectivity index (χ1) is 16.5.